The molecule has 0 saturated carbocycles. The maximum atomic E-state index is 4.46. The minimum absolute atomic E-state index is 0.484. The van der Waals surface area contributed by atoms with Crippen molar-refractivity contribution in [2.75, 3.05) is 5.32 Å². The molecule has 1 N–H and O–H groups in total. The molecule has 2 rings (SSSR count). The Hall–Kier alpha value is -1.84. The van der Waals surface area contributed by atoms with Crippen molar-refractivity contribution in [2.24, 2.45) is 0 Å². The van der Waals surface area contributed by atoms with Crippen LogP contribution in [0.25, 0.3) is 5.82 Å². The Labute approximate surface area is 108 Å². The molecule has 0 amide bonds. The predicted octanol–water partition coefficient (Wildman–Crippen LogP) is 3.18. The Morgan fingerprint density at radius 3 is 2.72 bits per heavy atom. The highest BCUT2D eigenvalue weighted by atomic mass is 15.1. The van der Waals surface area contributed by atoms with E-state index in [-0.39, 0.29) is 0 Å². The van der Waals surface area contributed by atoms with Gasteiger partial charge in [0.05, 0.1) is 11.9 Å². The normalized spacial score (nSPS) is 12.4. The van der Waals surface area contributed by atoms with Crippen molar-refractivity contribution < 1.29 is 0 Å². The molecule has 4 nitrogen and oxygen atoms in total. The molecule has 2 aromatic heterocycles. The maximum absolute atomic E-state index is 4.46. The highest BCUT2D eigenvalue weighted by Crippen LogP contribution is 2.13. The van der Waals surface area contributed by atoms with E-state index in [4.69, 9.17) is 0 Å². The molecule has 0 saturated heterocycles. The average molecular weight is 244 g/mol. The van der Waals surface area contributed by atoms with Gasteiger partial charge in [-0.2, -0.15) is 0 Å². The third-order valence-corrected chi connectivity index (χ3v) is 2.96. The number of nitrogens with zero attached hydrogens (tertiary/aromatic N) is 3. The van der Waals surface area contributed by atoms with Gasteiger partial charge in [-0.25, -0.2) is 9.97 Å². The van der Waals surface area contributed by atoms with Crippen LogP contribution < -0.4 is 5.32 Å². The SMILES string of the molecule is CCCC(C)Nc1ccc(-n2ccnc2C)nc1. The quantitative estimate of drug-likeness (QED) is 0.878. The van der Waals surface area contributed by atoms with Crippen LogP contribution in [0.15, 0.2) is 30.7 Å². The molecular weight excluding hydrogens is 224 g/mol. The number of pyridine rings is 1. The average Bonchev–Trinajstić information content (AvgIpc) is 2.77. The summed E-state index contributed by atoms with van der Waals surface area (Å²) in [5.41, 5.74) is 1.07. The summed E-state index contributed by atoms with van der Waals surface area (Å²) in [5, 5.41) is 3.44. The van der Waals surface area contributed by atoms with Crippen LogP contribution in [-0.2, 0) is 0 Å². The highest BCUT2D eigenvalue weighted by Gasteiger charge is 2.03. The van der Waals surface area contributed by atoms with Crippen LogP contribution in [0.4, 0.5) is 5.69 Å². The lowest BCUT2D eigenvalue weighted by atomic mass is 10.2. The fourth-order valence-electron chi connectivity index (χ4n) is 2.02. The molecule has 0 aliphatic rings. The number of aromatic nitrogens is 3. The van der Waals surface area contributed by atoms with Gasteiger partial charge >= 0.3 is 0 Å². The van der Waals surface area contributed by atoms with E-state index in [1.165, 1.54) is 12.8 Å². The van der Waals surface area contributed by atoms with E-state index >= 15 is 0 Å². The van der Waals surface area contributed by atoms with E-state index < -0.39 is 0 Å². The van der Waals surface area contributed by atoms with E-state index in [9.17, 15) is 0 Å². The molecular formula is C14H20N4. The van der Waals surface area contributed by atoms with Crippen molar-refractivity contribution in [3.63, 3.8) is 0 Å². The third-order valence-electron chi connectivity index (χ3n) is 2.96. The van der Waals surface area contributed by atoms with Gasteiger partial charge in [0.1, 0.15) is 11.6 Å². The third kappa shape index (κ3) is 2.88. The number of nitrogens with one attached hydrogen (secondary N) is 1. The van der Waals surface area contributed by atoms with Crippen LogP contribution in [0.5, 0.6) is 0 Å². The van der Waals surface area contributed by atoms with Gasteiger partial charge in [0.25, 0.3) is 0 Å². The van der Waals surface area contributed by atoms with E-state index in [0.29, 0.717) is 6.04 Å². The molecule has 0 aromatic carbocycles. The van der Waals surface area contributed by atoms with Gasteiger partial charge in [0.15, 0.2) is 0 Å². The summed E-state index contributed by atoms with van der Waals surface area (Å²) in [5.74, 6) is 1.85. The molecule has 0 spiro atoms. The molecule has 1 unspecified atom stereocenters. The van der Waals surface area contributed by atoms with E-state index in [1.54, 1.807) is 6.20 Å². The van der Waals surface area contributed by atoms with Crippen LogP contribution in [0, 0.1) is 6.92 Å². The second kappa shape index (κ2) is 5.67. The fourth-order valence-corrected chi connectivity index (χ4v) is 2.02. The predicted molar refractivity (Wildman–Crippen MR) is 74.1 cm³/mol. The largest absolute Gasteiger partial charge is 0.381 e. The molecule has 0 fully saturated rings. The van der Waals surface area contributed by atoms with Gasteiger partial charge < -0.3 is 5.32 Å². The first kappa shape index (κ1) is 12.6. The molecule has 96 valence electrons. The molecule has 0 radical (unpaired) electrons. The number of rotatable bonds is 5. The molecule has 2 heterocycles. The Morgan fingerprint density at radius 1 is 1.33 bits per heavy atom. The van der Waals surface area contributed by atoms with E-state index in [2.05, 4.69) is 35.2 Å². The molecule has 18 heavy (non-hydrogen) atoms. The Kier molecular flexibility index (Phi) is 3.97. The van der Waals surface area contributed by atoms with Gasteiger partial charge in [0, 0.05) is 18.4 Å². The molecule has 0 bridgehead atoms. The van der Waals surface area contributed by atoms with Crippen LogP contribution in [0.1, 0.15) is 32.5 Å². The van der Waals surface area contributed by atoms with Crippen LogP contribution in [0.2, 0.25) is 0 Å². The first-order chi connectivity index (χ1) is 8.70. The number of aryl methyl sites for hydroxylation is 1. The summed E-state index contributed by atoms with van der Waals surface area (Å²) in [6.45, 7) is 6.36. The second-order valence-corrected chi connectivity index (χ2v) is 4.58. The van der Waals surface area contributed by atoms with Gasteiger partial charge in [-0.3, -0.25) is 4.57 Å². The lowest BCUT2D eigenvalue weighted by molar-refractivity contribution is 0.690. The summed E-state index contributed by atoms with van der Waals surface area (Å²) in [4.78, 5) is 8.65. The van der Waals surface area contributed by atoms with E-state index in [0.717, 1.165) is 17.3 Å². The smallest absolute Gasteiger partial charge is 0.138 e. The van der Waals surface area contributed by atoms with Crippen LogP contribution in [-0.4, -0.2) is 20.6 Å². The first-order valence-electron chi connectivity index (χ1n) is 6.43. The first-order valence-corrected chi connectivity index (χ1v) is 6.43. The zero-order valence-electron chi connectivity index (χ0n) is 11.2. The lowest BCUT2D eigenvalue weighted by Crippen LogP contribution is -2.14. The summed E-state index contributed by atoms with van der Waals surface area (Å²) < 4.78 is 1.97. The lowest BCUT2D eigenvalue weighted by Gasteiger charge is -2.14. The Bertz CT molecular complexity index is 487. The molecule has 0 aliphatic carbocycles. The summed E-state index contributed by atoms with van der Waals surface area (Å²) in [7, 11) is 0. The van der Waals surface area contributed by atoms with E-state index in [1.807, 2.05) is 30.0 Å². The van der Waals surface area contributed by atoms with Crippen molar-refractivity contribution in [1.82, 2.24) is 14.5 Å². The number of imidazole rings is 1. The summed E-state index contributed by atoms with van der Waals surface area (Å²) in [6, 6.07) is 4.56. The Morgan fingerprint density at radius 2 is 2.17 bits per heavy atom. The summed E-state index contributed by atoms with van der Waals surface area (Å²) >= 11 is 0. The van der Waals surface area contributed by atoms with Crippen molar-refractivity contribution in [1.29, 1.82) is 0 Å². The zero-order chi connectivity index (χ0) is 13.0. The van der Waals surface area contributed by atoms with Gasteiger partial charge in [-0.05, 0) is 32.4 Å². The molecule has 2 aromatic rings. The summed E-state index contributed by atoms with van der Waals surface area (Å²) in [6.07, 6.45) is 7.94. The highest BCUT2D eigenvalue weighted by molar-refractivity contribution is 5.44. The number of anilines is 1. The Balaban J connectivity index is 2.08. The van der Waals surface area contributed by atoms with Crippen molar-refractivity contribution in [3.8, 4) is 5.82 Å². The monoisotopic (exact) mass is 244 g/mol. The van der Waals surface area contributed by atoms with Gasteiger partial charge in [-0.15, -0.1) is 0 Å². The maximum Gasteiger partial charge on any atom is 0.138 e. The molecule has 0 aliphatic heterocycles. The minimum Gasteiger partial charge on any atom is -0.381 e. The van der Waals surface area contributed by atoms with Crippen LogP contribution >= 0.6 is 0 Å². The minimum atomic E-state index is 0.484. The van der Waals surface area contributed by atoms with Crippen molar-refractivity contribution in [3.05, 3.63) is 36.5 Å². The second-order valence-electron chi connectivity index (χ2n) is 4.58. The van der Waals surface area contributed by atoms with Crippen LogP contribution in [0.3, 0.4) is 0 Å². The number of hydrogen-bond donors (Lipinski definition) is 1. The van der Waals surface area contributed by atoms with Gasteiger partial charge in [-0.1, -0.05) is 13.3 Å². The topological polar surface area (TPSA) is 42.7 Å². The fraction of sp³-hybridized carbons (Fsp3) is 0.429. The van der Waals surface area contributed by atoms with Gasteiger partial charge in [0.2, 0.25) is 0 Å². The number of hydrogen-bond acceptors (Lipinski definition) is 3. The zero-order valence-corrected chi connectivity index (χ0v) is 11.2. The molecule has 4 heteroatoms. The standard InChI is InChI=1S/C14H20N4/c1-4-5-11(2)17-13-6-7-14(16-10-13)18-9-8-15-12(18)3/h6-11,17H,4-5H2,1-3H3. The molecule has 1 atom stereocenters. The van der Waals surface area contributed by atoms with Crippen molar-refractivity contribution >= 4 is 5.69 Å². The van der Waals surface area contributed by atoms with Crippen molar-refractivity contribution in [2.45, 2.75) is 39.7 Å².